The fourth-order valence-corrected chi connectivity index (χ4v) is 4.63. The number of aromatic nitrogens is 2. The summed E-state index contributed by atoms with van der Waals surface area (Å²) in [5.41, 5.74) is 3.28. The van der Waals surface area contributed by atoms with E-state index >= 15 is 0 Å². The first kappa shape index (κ1) is 20.1. The molecule has 2 aliphatic rings. The van der Waals surface area contributed by atoms with E-state index in [1.54, 1.807) is 7.11 Å². The standard InChI is InChI=1S/C25H30N4O2/c1-17-22-10-9-20(30-2)15-23(22)28-25(27-17)29-13-11-19(12-14-29)26-16-21-8-7-18-5-3-4-6-24(18)31-21/h3-6,9-10,15,19,21,26H,7-8,11-14,16H2,1-2H3/t21-/m1/s1. The van der Waals surface area contributed by atoms with Gasteiger partial charge in [-0.25, -0.2) is 9.97 Å². The van der Waals surface area contributed by atoms with Crippen molar-refractivity contribution in [3.63, 3.8) is 0 Å². The second-order valence-electron chi connectivity index (χ2n) is 8.55. The number of anilines is 1. The summed E-state index contributed by atoms with van der Waals surface area (Å²) in [5, 5.41) is 4.82. The van der Waals surface area contributed by atoms with Crippen molar-refractivity contribution in [1.29, 1.82) is 0 Å². The van der Waals surface area contributed by atoms with Crippen LogP contribution < -0.4 is 19.7 Å². The van der Waals surface area contributed by atoms with Gasteiger partial charge in [0.05, 0.1) is 18.3 Å². The van der Waals surface area contributed by atoms with E-state index in [4.69, 9.17) is 19.4 Å². The Morgan fingerprint density at radius 3 is 2.77 bits per heavy atom. The molecule has 0 aliphatic carbocycles. The molecule has 0 bridgehead atoms. The van der Waals surface area contributed by atoms with Crippen LogP contribution in [0.15, 0.2) is 42.5 Å². The normalized spacial score (nSPS) is 19.2. The lowest BCUT2D eigenvalue weighted by molar-refractivity contribution is 0.164. The number of ether oxygens (including phenoxy) is 2. The van der Waals surface area contributed by atoms with Gasteiger partial charge in [-0.1, -0.05) is 18.2 Å². The maximum atomic E-state index is 6.18. The van der Waals surface area contributed by atoms with Crippen LogP contribution in [0.3, 0.4) is 0 Å². The molecular weight excluding hydrogens is 388 g/mol. The van der Waals surface area contributed by atoms with Gasteiger partial charge in [0.25, 0.3) is 0 Å². The predicted octanol–water partition coefficient (Wildman–Crippen LogP) is 3.90. The fraction of sp³-hybridized carbons (Fsp3) is 0.440. The number of hydrogen-bond donors (Lipinski definition) is 1. The van der Waals surface area contributed by atoms with Gasteiger partial charge >= 0.3 is 0 Å². The first-order valence-corrected chi connectivity index (χ1v) is 11.2. The number of nitrogens with zero attached hydrogens (tertiary/aromatic N) is 3. The minimum atomic E-state index is 0.259. The van der Waals surface area contributed by atoms with Gasteiger partial charge in [0.15, 0.2) is 0 Å². The van der Waals surface area contributed by atoms with Crippen molar-refractivity contribution < 1.29 is 9.47 Å². The summed E-state index contributed by atoms with van der Waals surface area (Å²) in [6, 6.07) is 14.9. The summed E-state index contributed by atoms with van der Waals surface area (Å²) in [7, 11) is 1.69. The van der Waals surface area contributed by atoms with Crippen LogP contribution in [-0.2, 0) is 6.42 Å². The smallest absolute Gasteiger partial charge is 0.226 e. The number of para-hydroxylation sites is 1. The van der Waals surface area contributed by atoms with Crippen LogP contribution in [-0.4, -0.2) is 48.9 Å². The minimum absolute atomic E-state index is 0.259. The van der Waals surface area contributed by atoms with Crippen molar-refractivity contribution in [1.82, 2.24) is 15.3 Å². The van der Waals surface area contributed by atoms with E-state index in [1.807, 2.05) is 18.2 Å². The van der Waals surface area contributed by atoms with Gasteiger partial charge in [0.2, 0.25) is 5.95 Å². The number of hydrogen-bond acceptors (Lipinski definition) is 6. The van der Waals surface area contributed by atoms with Crippen molar-refractivity contribution in [3.05, 3.63) is 53.7 Å². The molecule has 3 aromatic rings. The molecule has 1 saturated heterocycles. The number of aryl methyl sites for hydroxylation is 2. The van der Waals surface area contributed by atoms with Crippen LogP contribution in [0.2, 0.25) is 0 Å². The largest absolute Gasteiger partial charge is 0.497 e. The van der Waals surface area contributed by atoms with E-state index in [0.29, 0.717) is 6.04 Å². The Hall–Kier alpha value is -2.86. The highest BCUT2D eigenvalue weighted by Crippen LogP contribution is 2.27. The molecule has 5 rings (SSSR count). The molecule has 3 heterocycles. The van der Waals surface area contributed by atoms with E-state index in [-0.39, 0.29) is 6.10 Å². The summed E-state index contributed by atoms with van der Waals surface area (Å²) in [6.45, 7) is 4.88. The second-order valence-corrected chi connectivity index (χ2v) is 8.55. The molecule has 162 valence electrons. The predicted molar refractivity (Wildman–Crippen MR) is 123 cm³/mol. The molecule has 0 saturated carbocycles. The van der Waals surface area contributed by atoms with Gasteiger partial charge in [-0.2, -0.15) is 0 Å². The van der Waals surface area contributed by atoms with Crippen LogP contribution in [0.5, 0.6) is 11.5 Å². The van der Waals surface area contributed by atoms with Gasteiger partial charge < -0.3 is 19.7 Å². The molecule has 0 spiro atoms. The van der Waals surface area contributed by atoms with E-state index in [2.05, 4.69) is 41.4 Å². The van der Waals surface area contributed by atoms with Crippen molar-refractivity contribution >= 4 is 16.9 Å². The lowest BCUT2D eigenvalue weighted by Crippen LogP contribution is -2.46. The molecule has 1 aromatic heterocycles. The van der Waals surface area contributed by atoms with E-state index in [0.717, 1.165) is 79.4 Å². The number of fused-ring (bicyclic) bond motifs is 2. The van der Waals surface area contributed by atoms with Gasteiger partial charge in [-0.3, -0.25) is 0 Å². The summed E-state index contributed by atoms with van der Waals surface area (Å²) in [6.07, 6.45) is 4.61. The Morgan fingerprint density at radius 2 is 1.94 bits per heavy atom. The van der Waals surface area contributed by atoms with Crippen LogP contribution in [0, 0.1) is 6.92 Å². The molecule has 0 radical (unpaired) electrons. The molecule has 2 aliphatic heterocycles. The highest BCUT2D eigenvalue weighted by Gasteiger charge is 2.24. The van der Waals surface area contributed by atoms with E-state index in [1.165, 1.54) is 5.56 Å². The van der Waals surface area contributed by atoms with Crippen LogP contribution >= 0.6 is 0 Å². The lowest BCUT2D eigenvalue weighted by Gasteiger charge is -2.34. The highest BCUT2D eigenvalue weighted by atomic mass is 16.5. The average Bonchev–Trinajstić information content (AvgIpc) is 2.82. The Kier molecular flexibility index (Phi) is 5.64. The zero-order valence-electron chi connectivity index (χ0n) is 18.3. The van der Waals surface area contributed by atoms with Crippen molar-refractivity contribution in [2.75, 3.05) is 31.6 Å². The highest BCUT2D eigenvalue weighted by molar-refractivity contribution is 5.83. The van der Waals surface area contributed by atoms with Crippen LogP contribution in [0.25, 0.3) is 10.9 Å². The van der Waals surface area contributed by atoms with Gasteiger partial charge in [-0.05, 0) is 56.4 Å². The fourth-order valence-electron chi connectivity index (χ4n) is 4.63. The van der Waals surface area contributed by atoms with Crippen LogP contribution in [0.1, 0.15) is 30.5 Å². The van der Waals surface area contributed by atoms with E-state index in [9.17, 15) is 0 Å². The molecule has 1 fully saturated rings. The minimum Gasteiger partial charge on any atom is -0.497 e. The molecule has 0 unspecified atom stereocenters. The van der Waals surface area contributed by atoms with E-state index < -0.39 is 0 Å². The molecule has 6 nitrogen and oxygen atoms in total. The maximum absolute atomic E-state index is 6.18. The third-order valence-corrected chi connectivity index (χ3v) is 6.50. The van der Waals surface area contributed by atoms with Crippen LogP contribution in [0.4, 0.5) is 5.95 Å². The molecule has 6 heteroatoms. The zero-order chi connectivity index (χ0) is 21.2. The summed E-state index contributed by atoms with van der Waals surface area (Å²) in [4.78, 5) is 11.9. The average molecular weight is 419 g/mol. The quantitative estimate of drug-likeness (QED) is 0.678. The summed E-state index contributed by atoms with van der Waals surface area (Å²) < 4.78 is 11.5. The SMILES string of the molecule is COc1ccc2c(C)nc(N3CCC(NC[C@H]4CCc5ccccc5O4)CC3)nc2c1. The second kappa shape index (κ2) is 8.71. The number of piperidine rings is 1. The molecular formula is C25H30N4O2. The molecule has 2 aromatic carbocycles. The number of nitrogens with one attached hydrogen (secondary N) is 1. The topological polar surface area (TPSA) is 59.5 Å². The van der Waals surface area contributed by atoms with Gasteiger partial charge in [0, 0.05) is 37.1 Å². The third-order valence-electron chi connectivity index (χ3n) is 6.50. The Labute approximate surface area is 183 Å². The van der Waals surface area contributed by atoms with Gasteiger partial charge in [0.1, 0.15) is 17.6 Å². The summed E-state index contributed by atoms with van der Waals surface area (Å²) >= 11 is 0. The third kappa shape index (κ3) is 4.30. The number of rotatable bonds is 5. The number of benzene rings is 2. The lowest BCUT2D eigenvalue weighted by atomic mass is 10.0. The van der Waals surface area contributed by atoms with Crippen molar-refractivity contribution in [3.8, 4) is 11.5 Å². The van der Waals surface area contributed by atoms with Crippen molar-refractivity contribution in [2.45, 2.75) is 44.8 Å². The Morgan fingerprint density at radius 1 is 1.10 bits per heavy atom. The Balaban J connectivity index is 1.17. The first-order chi connectivity index (χ1) is 15.2. The van der Waals surface area contributed by atoms with Gasteiger partial charge in [-0.15, -0.1) is 0 Å². The molecule has 1 atom stereocenters. The Bertz CT molecular complexity index is 1060. The molecule has 0 amide bonds. The zero-order valence-corrected chi connectivity index (χ0v) is 18.3. The molecule has 31 heavy (non-hydrogen) atoms. The number of methoxy groups -OCH3 is 1. The molecule has 1 N–H and O–H groups in total. The maximum Gasteiger partial charge on any atom is 0.226 e. The van der Waals surface area contributed by atoms with Crippen molar-refractivity contribution in [2.24, 2.45) is 0 Å². The first-order valence-electron chi connectivity index (χ1n) is 11.2. The monoisotopic (exact) mass is 418 g/mol. The summed E-state index contributed by atoms with van der Waals surface area (Å²) in [5.74, 6) is 2.70.